The predicted octanol–water partition coefficient (Wildman–Crippen LogP) is 4.08. The minimum atomic E-state index is -0.621. The molecule has 0 aliphatic heterocycles. The van der Waals surface area contributed by atoms with Crippen LogP contribution in [0.15, 0.2) is 69.4 Å². The maximum absolute atomic E-state index is 12.5. The van der Waals surface area contributed by atoms with Gasteiger partial charge in [0.1, 0.15) is 17.4 Å². The topological polar surface area (TPSA) is 115 Å². The molecule has 0 saturated carbocycles. The summed E-state index contributed by atoms with van der Waals surface area (Å²) in [6, 6.07) is 12.6. The van der Waals surface area contributed by atoms with E-state index in [1.165, 1.54) is 23.5 Å². The molecule has 28 heavy (non-hydrogen) atoms. The van der Waals surface area contributed by atoms with E-state index in [4.69, 9.17) is 4.42 Å². The molecule has 2 aromatic heterocycles. The average molecular weight is 393 g/mol. The van der Waals surface area contributed by atoms with Gasteiger partial charge < -0.3 is 4.42 Å². The molecule has 0 atom stereocenters. The third-order valence-electron chi connectivity index (χ3n) is 4.02. The van der Waals surface area contributed by atoms with Crippen LogP contribution in [0.2, 0.25) is 0 Å². The molecule has 4 aromatic rings. The number of nitro benzene ring substituents is 1. The van der Waals surface area contributed by atoms with E-state index in [0.29, 0.717) is 27.4 Å². The normalized spacial score (nSPS) is 10.7. The number of para-hydroxylation sites is 1. The second kappa shape index (κ2) is 7.05. The molecule has 8 nitrogen and oxygen atoms in total. The van der Waals surface area contributed by atoms with Crippen molar-refractivity contribution in [1.82, 2.24) is 4.98 Å². The Morgan fingerprint density at radius 3 is 2.64 bits per heavy atom. The molecule has 1 N–H and O–H groups in total. The van der Waals surface area contributed by atoms with Crippen molar-refractivity contribution < 1.29 is 14.1 Å². The summed E-state index contributed by atoms with van der Waals surface area (Å²) in [7, 11) is 0. The van der Waals surface area contributed by atoms with Gasteiger partial charge >= 0.3 is 0 Å². The molecular formula is C19H11N3O5S. The smallest absolute Gasteiger partial charge is 0.269 e. The Kier molecular flexibility index (Phi) is 4.42. The van der Waals surface area contributed by atoms with E-state index >= 15 is 0 Å². The van der Waals surface area contributed by atoms with E-state index in [2.05, 4.69) is 10.3 Å². The fourth-order valence-corrected chi connectivity index (χ4v) is 3.33. The number of thiazole rings is 1. The van der Waals surface area contributed by atoms with E-state index in [1.807, 2.05) is 0 Å². The van der Waals surface area contributed by atoms with Gasteiger partial charge in [0.15, 0.2) is 5.13 Å². The van der Waals surface area contributed by atoms with Crippen molar-refractivity contribution in [2.75, 3.05) is 5.32 Å². The molecule has 0 spiro atoms. The molecule has 0 unspecified atom stereocenters. The molecule has 0 bridgehead atoms. The molecule has 0 radical (unpaired) electrons. The fourth-order valence-electron chi connectivity index (χ4n) is 2.62. The number of nitro groups is 1. The number of nitrogens with one attached hydrogen (secondary N) is 1. The summed E-state index contributed by atoms with van der Waals surface area (Å²) in [5.74, 6) is -0.621. The van der Waals surface area contributed by atoms with Crippen LogP contribution in [0.1, 0.15) is 10.4 Å². The highest BCUT2D eigenvalue weighted by atomic mass is 32.1. The van der Waals surface area contributed by atoms with E-state index in [9.17, 15) is 19.7 Å². The van der Waals surface area contributed by atoms with Gasteiger partial charge in [-0.25, -0.2) is 4.98 Å². The number of nitrogens with zero attached hydrogens (tertiary/aromatic N) is 2. The van der Waals surface area contributed by atoms with Crippen LogP contribution in [0.3, 0.4) is 0 Å². The second-order valence-electron chi connectivity index (χ2n) is 5.77. The third-order valence-corrected chi connectivity index (χ3v) is 4.78. The van der Waals surface area contributed by atoms with Gasteiger partial charge in [-0.05, 0) is 24.3 Å². The van der Waals surface area contributed by atoms with Gasteiger partial charge in [-0.15, -0.1) is 11.3 Å². The lowest BCUT2D eigenvalue weighted by Gasteiger charge is -2.02. The maximum Gasteiger partial charge on any atom is 0.269 e. The SMILES string of the molecule is O=C(Nc1nc(-c2ccc([N+](=O)[O-])cc2)cs1)c1coc2ccccc2c1=O. The van der Waals surface area contributed by atoms with Crippen molar-refractivity contribution in [3.05, 3.63) is 86.1 Å². The second-order valence-corrected chi connectivity index (χ2v) is 6.63. The Balaban J connectivity index is 1.57. The average Bonchev–Trinajstić information content (AvgIpc) is 3.17. The highest BCUT2D eigenvalue weighted by Gasteiger charge is 2.16. The Morgan fingerprint density at radius 1 is 1.14 bits per heavy atom. The molecule has 0 saturated heterocycles. The van der Waals surface area contributed by atoms with Crippen LogP contribution in [0.5, 0.6) is 0 Å². The summed E-state index contributed by atoms with van der Waals surface area (Å²) in [5.41, 5.74) is 1.07. The van der Waals surface area contributed by atoms with Crippen molar-refractivity contribution in [3.8, 4) is 11.3 Å². The Morgan fingerprint density at radius 2 is 1.89 bits per heavy atom. The standard InChI is InChI=1S/C19H11N3O5S/c23-17-13-3-1-2-4-16(13)27-9-14(17)18(24)21-19-20-15(10-28-19)11-5-7-12(8-6-11)22(25)26/h1-10H,(H,20,21,24). The number of aromatic nitrogens is 1. The lowest BCUT2D eigenvalue weighted by molar-refractivity contribution is -0.384. The zero-order valence-electron chi connectivity index (χ0n) is 14.1. The highest BCUT2D eigenvalue weighted by molar-refractivity contribution is 7.14. The molecular weight excluding hydrogens is 382 g/mol. The van der Waals surface area contributed by atoms with Crippen LogP contribution in [-0.4, -0.2) is 15.8 Å². The van der Waals surface area contributed by atoms with Crippen LogP contribution in [-0.2, 0) is 0 Å². The molecule has 4 rings (SSSR count). The molecule has 2 aromatic carbocycles. The minimum absolute atomic E-state index is 0.0180. The molecule has 2 heterocycles. The van der Waals surface area contributed by atoms with Crippen molar-refractivity contribution in [2.24, 2.45) is 0 Å². The monoisotopic (exact) mass is 393 g/mol. The number of non-ortho nitro benzene ring substituents is 1. The zero-order chi connectivity index (χ0) is 19.7. The highest BCUT2D eigenvalue weighted by Crippen LogP contribution is 2.26. The van der Waals surface area contributed by atoms with Crippen LogP contribution >= 0.6 is 11.3 Å². The summed E-state index contributed by atoms with van der Waals surface area (Å²) in [6.07, 6.45) is 1.13. The Hall–Kier alpha value is -3.85. The summed E-state index contributed by atoms with van der Waals surface area (Å²) in [5, 5.41) is 15.6. The number of amides is 1. The zero-order valence-corrected chi connectivity index (χ0v) is 14.9. The number of fused-ring (bicyclic) bond motifs is 1. The predicted molar refractivity (Wildman–Crippen MR) is 105 cm³/mol. The Bertz CT molecular complexity index is 1260. The number of anilines is 1. The van der Waals surface area contributed by atoms with Gasteiger partial charge in [0.2, 0.25) is 5.43 Å². The number of rotatable bonds is 4. The Labute approximate surface area is 161 Å². The largest absolute Gasteiger partial charge is 0.463 e. The van der Waals surface area contributed by atoms with Gasteiger partial charge in [0.05, 0.1) is 16.0 Å². The minimum Gasteiger partial charge on any atom is -0.463 e. The molecule has 1 amide bonds. The quantitative estimate of drug-likeness (QED) is 0.413. The lowest BCUT2D eigenvalue weighted by atomic mass is 10.1. The van der Waals surface area contributed by atoms with Gasteiger partial charge in [-0.1, -0.05) is 12.1 Å². The maximum atomic E-state index is 12.5. The molecule has 0 aliphatic rings. The van der Waals surface area contributed by atoms with Crippen LogP contribution in [0.25, 0.3) is 22.2 Å². The van der Waals surface area contributed by atoms with Gasteiger partial charge in [0, 0.05) is 23.1 Å². The van der Waals surface area contributed by atoms with Crippen molar-refractivity contribution in [1.29, 1.82) is 0 Å². The first-order chi connectivity index (χ1) is 13.5. The summed E-state index contributed by atoms with van der Waals surface area (Å²) >= 11 is 1.18. The molecule has 138 valence electrons. The molecule has 0 aliphatic carbocycles. The summed E-state index contributed by atoms with van der Waals surface area (Å²) in [6.45, 7) is 0. The molecule has 0 fully saturated rings. The van der Waals surface area contributed by atoms with Crippen LogP contribution < -0.4 is 10.7 Å². The molecule has 9 heteroatoms. The summed E-state index contributed by atoms with van der Waals surface area (Å²) in [4.78, 5) is 39.5. The van der Waals surface area contributed by atoms with E-state index in [1.54, 1.807) is 41.8 Å². The summed E-state index contributed by atoms with van der Waals surface area (Å²) < 4.78 is 5.35. The van der Waals surface area contributed by atoms with Crippen molar-refractivity contribution in [3.63, 3.8) is 0 Å². The first kappa shape index (κ1) is 17.6. The number of hydrogen-bond acceptors (Lipinski definition) is 7. The van der Waals surface area contributed by atoms with Crippen LogP contribution in [0.4, 0.5) is 10.8 Å². The van der Waals surface area contributed by atoms with E-state index in [0.717, 1.165) is 6.26 Å². The lowest BCUT2D eigenvalue weighted by Crippen LogP contribution is -2.21. The number of carbonyl (C=O) groups is 1. The van der Waals surface area contributed by atoms with Gasteiger partial charge in [-0.2, -0.15) is 0 Å². The van der Waals surface area contributed by atoms with Gasteiger partial charge in [-0.3, -0.25) is 25.0 Å². The number of carbonyl (C=O) groups excluding carboxylic acids is 1. The van der Waals surface area contributed by atoms with E-state index < -0.39 is 16.3 Å². The first-order valence-electron chi connectivity index (χ1n) is 8.05. The number of hydrogen-bond donors (Lipinski definition) is 1. The van der Waals surface area contributed by atoms with Crippen LogP contribution in [0, 0.1) is 10.1 Å². The number of benzene rings is 2. The fraction of sp³-hybridized carbons (Fsp3) is 0. The van der Waals surface area contributed by atoms with Crippen molar-refractivity contribution >= 4 is 39.0 Å². The third kappa shape index (κ3) is 3.26. The first-order valence-corrected chi connectivity index (χ1v) is 8.93. The van der Waals surface area contributed by atoms with Crippen molar-refractivity contribution in [2.45, 2.75) is 0 Å². The van der Waals surface area contributed by atoms with Gasteiger partial charge in [0.25, 0.3) is 11.6 Å². The van der Waals surface area contributed by atoms with E-state index in [-0.39, 0.29) is 11.3 Å².